The van der Waals surface area contributed by atoms with Crippen molar-refractivity contribution < 1.29 is 40.6 Å². The van der Waals surface area contributed by atoms with E-state index < -0.39 is 41.2 Å². The van der Waals surface area contributed by atoms with Gasteiger partial charge in [0.25, 0.3) is 0 Å². The summed E-state index contributed by atoms with van der Waals surface area (Å²) < 4.78 is 87.8. The van der Waals surface area contributed by atoms with E-state index in [9.17, 15) is 40.6 Å². The van der Waals surface area contributed by atoms with E-state index in [0.29, 0.717) is 0 Å². The fourth-order valence-corrected chi connectivity index (χ4v) is 1.73. The molecule has 0 aliphatic carbocycles. The van der Waals surface area contributed by atoms with Crippen molar-refractivity contribution in [3.63, 3.8) is 0 Å². The molecule has 0 fully saturated rings. The van der Waals surface area contributed by atoms with Crippen LogP contribution in [0.5, 0.6) is 0 Å². The van der Waals surface area contributed by atoms with Crippen LogP contribution in [-0.4, -0.2) is 28.9 Å². The van der Waals surface area contributed by atoms with Crippen LogP contribution in [0, 0.1) is 6.57 Å². The number of aliphatic hydroxyl groups excluding tert-OH is 1. The molecule has 0 saturated carbocycles. The molecule has 0 radical (unpaired) electrons. The summed E-state index contributed by atoms with van der Waals surface area (Å²) in [6.45, 7) is 6.70. The molecular weight excluding hydrogens is 371 g/mol. The van der Waals surface area contributed by atoms with Crippen molar-refractivity contribution in [2.75, 3.05) is 0 Å². The number of halogens is 8. The van der Waals surface area contributed by atoms with Crippen LogP contribution in [0.4, 0.5) is 36.4 Å². The first-order valence-electron chi connectivity index (χ1n) is 5.70. The van der Waals surface area contributed by atoms with Crippen LogP contribution < -0.4 is 0 Å². The largest absolute Gasteiger partial charge is 0.507 e. The van der Waals surface area contributed by atoms with Gasteiger partial charge in [0, 0.05) is 16.7 Å². The average Bonchev–Trinajstić information content (AvgIpc) is 2.43. The highest BCUT2D eigenvalue weighted by Crippen LogP contribution is 2.47. The predicted molar refractivity (Wildman–Crippen MR) is 69.3 cm³/mol. The summed E-state index contributed by atoms with van der Waals surface area (Å²) in [5.74, 6) is -4.43. The van der Waals surface area contributed by atoms with Gasteiger partial charge in [0.05, 0.1) is 6.57 Å². The molecule has 0 bridgehead atoms. The van der Waals surface area contributed by atoms with E-state index in [2.05, 4.69) is 4.85 Å². The normalized spacial score (nSPS) is 13.5. The highest BCUT2D eigenvalue weighted by atomic mass is 35.5. The van der Waals surface area contributed by atoms with Crippen molar-refractivity contribution >= 4 is 28.8 Å². The van der Waals surface area contributed by atoms with Crippen LogP contribution in [0.25, 0.3) is 10.6 Å². The number of alkyl halides is 7. The zero-order valence-corrected chi connectivity index (χ0v) is 11.9. The minimum absolute atomic E-state index is 0.120. The molecule has 0 amide bonds. The highest BCUT2D eigenvalue weighted by Gasteiger charge is 2.76. The lowest BCUT2D eigenvalue weighted by molar-refractivity contribution is -0.323. The van der Waals surface area contributed by atoms with Crippen LogP contribution >= 0.6 is 11.6 Å². The maximum absolute atomic E-state index is 13.5. The molecular formula is C13H5ClF7NO2. The summed E-state index contributed by atoms with van der Waals surface area (Å²) in [5, 5.41) is 9.19. The molecule has 0 atom stereocenters. The summed E-state index contributed by atoms with van der Waals surface area (Å²) in [5.41, 5.74) is -6.77. The summed E-state index contributed by atoms with van der Waals surface area (Å²) in [7, 11) is 0. The van der Waals surface area contributed by atoms with E-state index in [-0.39, 0.29) is 10.7 Å². The Labute approximate surface area is 134 Å². The van der Waals surface area contributed by atoms with Crippen LogP contribution in [0.1, 0.15) is 5.56 Å². The molecule has 1 N–H and O–H groups in total. The summed E-state index contributed by atoms with van der Waals surface area (Å²) in [4.78, 5) is 14.1. The van der Waals surface area contributed by atoms with Crippen molar-refractivity contribution in [3.8, 4) is 0 Å². The minimum atomic E-state index is -6.58. The number of aliphatic hydroxyl groups is 1. The predicted octanol–water partition coefficient (Wildman–Crippen LogP) is 5.19. The number of benzene rings is 1. The third-order valence-electron chi connectivity index (χ3n) is 2.75. The van der Waals surface area contributed by atoms with Crippen molar-refractivity contribution in [3.05, 3.63) is 46.3 Å². The second-order valence-electron chi connectivity index (χ2n) is 4.33. The number of ketones is 1. The minimum Gasteiger partial charge on any atom is -0.507 e. The second-order valence-corrected chi connectivity index (χ2v) is 4.73. The Morgan fingerprint density at radius 1 is 1.12 bits per heavy atom. The zero-order valence-electron chi connectivity index (χ0n) is 11.1. The van der Waals surface area contributed by atoms with Gasteiger partial charge in [-0.1, -0.05) is 23.7 Å². The van der Waals surface area contributed by atoms with Crippen molar-refractivity contribution in [1.82, 2.24) is 0 Å². The molecule has 1 aromatic rings. The monoisotopic (exact) mass is 375 g/mol. The van der Waals surface area contributed by atoms with Gasteiger partial charge in [-0.15, -0.1) is 0 Å². The molecule has 0 aliphatic rings. The lowest BCUT2D eigenvalue weighted by atomic mass is 9.97. The molecule has 3 nitrogen and oxygen atoms in total. The molecule has 11 heteroatoms. The van der Waals surface area contributed by atoms with Gasteiger partial charge in [0.15, 0.2) is 0 Å². The van der Waals surface area contributed by atoms with Gasteiger partial charge in [-0.05, 0) is 6.07 Å². The van der Waals surface area contributed by atoms with Crippen LogP contribution in [0.3, 0.4) is 0 Å². The van der Waals surface area contributed by atoms with Gasteiger partial charge in [-0.2, -0.15) is 26.3 Å². The molecule has 0 saturated heterocycles. The van der Waals surface area contributed by atoms with E-state index in [0.717, 1.165) is 18.2 Å². The van der Waals surface area contributed by atoms with Crippen molar-refractivity contribution in [2.45, 2.75) is 18.0 Å². The highest BCUT2D eigenvalue weighted by molar-refractivity contribution is 6.33. The molecule has 0 aliphatic heterocycles. The SMILES string of the molecule is [C-]#[N+]c1ccc(/C(O)=C/C(=O)C(F)(C(F)(F)F)C(F)(F)F)cc1Cl. The number of hydrogen-bond acceptors (Lipinski definition) is 2. The van der Waals surface area contributed by atoms with Crippen LogP contribution in [-0.2, 0) is 4.79 Å². The molecule has 0 unspecified atom stereocenters. The lowest BCUT2D eigenvalue weighted by Gasteiger charge is -2.27. The molecule has 0 spiro atoms. The van der Waals surface area contributed by atoms with Gasteiger partial charge in [-0.25, -0.2) is 9.24 Å². The number of hydrogen-bond donors (Lipinski definition) is 1. The Hall–Kier alpha value is -2.28. The molecule has 0 heterocycles. The fraction of sp³-hybridized carbons (Fsp3) is 0.231. The standard InChI is InChI=1S/C13H5ClF7NO2/c1-22-8-3-2-6(4-7(8)14)9(23)5-10(24)11(15,12(16,17)18)13(19,20)21/h2-5,23H/b9-5-. The molecule has 0 aromatic heterocycles. The maximum Gasteiger partial charge on any atom is 0.439 e. The Kier molecular flexibility index (Phi) is 5.20. The lowest BCUT2D eigenvalue weighted by Crippen LogP contribution is -2.58. The van der Waals surface area contributed by atoms with Crippen LogP contribution in [0.15, 0.2) is 24.3 Å². The number of allylic oxidation sites excluding steroid dienone is 1. The van der Waals surface area contributed by atoms with Crippen molar-refractivity contribution in [2.24, 2.45) is 0 Å². The quantitative estimate of drug-likeness (QED) is 0.342. The smallest absolute Gasteiger partial charge is 0.439 e. The average molecular weight is 376 g/mol. The molecule has 1 rings (SSSR count). The second kappa shape index (κ2) is 6.32. The third-order valence-corrected chi connectivity index (χ3v) is 3.06. The molecule has 1 aromatic carbocycles. The van der Waals surface area contributed by atoms with Gasteiger partial charge in [0.1, 0.15) is 5.76 Å². The van der Waals surface area contributed by atoms with E-state index in [4.69, 9.17) is 18.2 Å². The van der Waals surface area contributed by atoms with Gasteiger partial charge in [0.2, 0.25) is 11.5 Å². The summed E-state index contributed by atoms with van der Waals surface area (Å²) >= 11 is 5.57. The zero-order chi connectivity index (χ0) is 18.9. The first kappa shape index (κ1) is 19.8. The van der Waals surface area contributed by atoms with E-state index >= 15 is 0 Å². The first-order valence-corrected chi connectivity index (χ1v) is 6.08. The first-order chi connectivity index (χ1) is 10.8. The van der Waals surface area contributed by atoms with E-state index in [1.807, 2.05) is 0 Å². The number of nitrogens with zero attached hydrogens (tertiary/aromatic N) is 1. The van der Waals surface area contributed by atoms with Gasteiger partial charge >= 0.3 is 18.0 Å². The third kappa shape index (κ3) is 3.46. The van der Waals surface area contributed by atoms with E-state index in [1.165, 1.54) is 0 Å². The Morgan fingerprint density at radius 3 is 2.00 bits per heavy atom. The Balaban J connectivity index is 3.35. The van der Waals surface area contributed by atoms with Crippen LogP contribution in [0.2, 0.25) is 5.02 Å². The van der Waals surface area contributed by atoms with Gasteiger partial charge < -0.3 is 5.11 Å². The van der Waals surface area contributed by atoms with E-state index in [1.54, 1.807) is 0 Å². The molecule has 130 valence electrons. The Morgan fingerprint density at radius 2 is 1.62 bits per heavy atom. The maximum atomic E-state index is 13.5. The number of rotatable bonds is 3. The molecule has 24 heavy (non-hydrogen) atoms. The topological polar surface area (TPSA) is 41.7 Å². The fourth-order valence-electron chi connectivity index (χ4n) is 1.50. The van der Waals surface area contributed by atoms with Gasteiger partial charge in [-0.3, -0.25) is 4.79 Å². The summed E-state index contributed by atoms with van der Waals surface area (Å²) in [6, 6.07) is 2.71. The number of carbonyl (C=O) groups is 1. The number of carbonyl (C=O) groups excluding carboxylic acids is 1. The Bertz CT molecular complexity index is 717. The summed E-state index contributed by atoms with van der Waals surface area (Å²) in [6.07, 6.45) is -13.7. The van der Waals surface area contributed by atoms with Crippen molar-refractivity contribution in [1.29, 1.82) is 0 Å².